The first-order chi connectivity index (χ1) is 27.1. The molecule has 0 bridgehead atoms. The minimum atomic E-state index is -0.588. The molecule has 0 saturated carbocycles. The number of nitrogens with zero attached hydrogens (tertiary/aromatic N) is 5. The Morgan fingerprint density at radius 3 is 2.05 bits per heavy atom. The molecule has 3 amide bonds. The summed E-state index contributed by atoms with van der Waals surface area (Å²) >= 11 is 0. The Hall–Kier alpha value is -4.91. The van der Waals surface area contributed by atoms with Crippen LogP contribution in [0.25, 0.3) is 11.1 Å². The maximum Gasteiger partial charge on any atom is 0.410 e. The lowest BCUT2D eigenvalue weighted by Crippen LogP contribution is -2.56. The summed E-state index contributed by atoms with van der Waals surface area (Å²) in [5.41, 5.74) is 5.72. The molecule has 2 fully saturated rings. The van der Waals surface area contributed by atoms with Gasteiger partial charge in [0.15, 0.2) is 0 Å². The van der Waals surface area contributed by atoms with Gasteiger partial charge in [-0.2, -0.15) is 0 Å². The van der Waals surface area contributed by atoms with Crippen LogP contribution < -0.4 is 15.8 Å². The number of carbonyl (C=O) groups excluding carboxylic acids is 3. The van der Waals surface area contributed by atoms with Gasteiger partial charge in [0.2, 0.25) is 0 Å². The second-order valence-electron chi connectivity index (χ2n) is 18.1. The molecule has 2 aliphatic rings. The molecule has 2 atom stereocenters. The van der Waals surface area contributed by atoms with Crippen molar-refractivity contribution in [2.75, 3.05) is 37.6 Å². The summed E-state index contributed by atoms with van der Waals surface area (Å²) in [5, 5.41) is 3.04. The number of anilines is 1. The van der Waals surface area contributed by atoms with Gasteiger partial charge in [-0.15, -0.1) is 0 Å². The zero-order valence-electron chi connectivity index (χ0n) is 36.7. The smallest absolute Gasteiger partial charge is 0.410 e. The normalized spacial score (nSPS) is 19.1. The number of piperidine rings is 1. The van der Waals surface area contributed by atoms with E-state index in [0.717, 1.165) is 65.3 Å². The number of aryl methyl sites for hydroxylation is 2. The fourth-order valence-corrected chi connectivity index (χ4v) is 8.20. The molecule has 3 aromatic rings. The van der Waals surface area contributed by atoms with Gasteiger partial charge in [0.25, 0.3) is 11.5 Å². The van der Waals surface area contributed by atoms with Crippen molar-refractivity contribution in [1.82, 2.24) is 30.0 Å². The van der Waals surface area contributed by atoms with E-state index in [0.29, 0.717) is 37.3 Å². The second kappa shape index (κ2) is 17.9. The van der Waals surface area contributed by atoms with Gasteiger partial charge >= 0.3 is 12.2 Å². The molecule has 2 aliphatic heterocycles. The predicted octanol–water partition coefficient (Wildman–Crippen LogP) is 7.35. The third-order valence-electron chi connectivity index (χ3n) is 11.0. The third-order valence-corrected chi connectivity index (χ3v) is 11.0. The Bertz CT molecular complexity index is 2000. The Kier molecular flexibility index (Phi) is 13.7. The minimum absolute atomic E-state index is 0.0585. The van der Waals surface area contributed by atoms with Crippen LogP contribution in [0.1, 0.15) is 114 Å². The second-order valence-corrected chi connectivity index (χ2v) is 18.1. The van der Waals surface area contributed by atoms with E-state index in [9.17, 15) is 19.2 Å². The molecule has 2 aromatic heterocycles. The number of aromatic nitrogens is 2. The van der Waals surface area contributed by atoms with Crippen LogP contribution in [-0.4, -0.2) is 105 Å². The number of H-pyrrole nitrogens is 1. The number of carbonyl (C=O) groups is 3. The first-order valence-corrected chi connectivity index (χ1v) is 20.7. The van der Waals surface area contributed by atoms with Crippen molar-refractivity contribution in [1.29, 1.82) is 0 Å². The van der Waals surface area contributed by atoms with Crippen molar-refractivity contribution in [3.63, 3.8) is 0 Å². The van der Waals surface area contributed by atoms with Gasteiger partial charge in [-0.1, -0.05) is 6.07 Å². The number of aromatic amines is 1. The van der Waals surface area contributed by atoms with Crippen molar-refractivity contribution in [3.8, 4) is 11.1 Å². The number of amides is 3. The van der Waals surface area contributed by atoms with Crippen LogP contribution in [0.5, 0.6) is 0 Å². The van der Waals surface area contributed by atoms with Crippen molar-refractivity contribution >= 4 is 23.8 Å². The lowest BCUT2D eigenvalue weighted by Gasteiger charge is -2.47. The highest BCUT2D eigenvalue weighted by Gasteiger charge is 2.39. The van der Waals surface area contributed by atoms with Crippen LogP contribution in [0, 0.1) is 20.8 Å². The first kappa shape index (κ1) is 44.2. The third kappa shape index (κ3) is 11.0. The molecule has 0 spiro atoms. The molecule has 5 rings (SSSR count). The molecular weight excluding hydrogens is 735 g/mol. The van der Waals surface area contributed by atoms with E-state index in [-0.39, 0.29) is 48.3 Å². The van der Waals surface area contributed by atoms with Gasteiger partial charge in [-0.05, 0) is 137 Å². The Morgan fingerprint density at radius 2 is 1.50 bits per heavy atom. The van der Waals surface area contributed by atoms with Gasteiger partial charge in [0.1, 0.15) is 11.2 Å². The molecule has 0 aliphatic carbocycles. The molecule has 58 heavy (non-hydrogen) atoms. The lowest BCUT2D eigenvalue weighted by atomic mass is 9.90. The lowest BCUT2D eigenvalue weighted by molar-refractivity contribution is -0.00259. The van der Waals surface area contributed by atoms with Crippen LogP contribution in [-0.2, 0) is 22.6 Å². The van der Waals surface area contributed by atoms with Gasteiger partial charge in [0.05, 0.1) is 5.69 Å². The van der Waals surface area contributed by atoms with E-state index in [4.69, 9.17) is 14.5 Å². The molecule has 2 N–H and O–H groups in total. The first-order valence-electron chi connectivity index (χ1n) is 20.7. The molecular formula is C45H65N7O6. The van der Waals surface area contributed by atoms with E-state index in [1.165, 1.54) is 0 Å². The highest BCUT2D eigenvalue weighted by Crippen LogP contribution is 2.36. The maximum absolute atomic E-state index is 14.1. The average molecular weight is 800 g/mol. The van der Waals surface area contributed by atoms with E-state index < -0.39 is 11.2 Å². The monoisotopic (exact) mass is 799 g/mol. The summed E-state index contributed by atoms with van der Waals surface area (Å²) in [7, 11) is 0. The van der Waals surface area contributed by atoms with Crippen LogP contribution >= 0.6 is 0 Å². The SMILES string of the molecule is CCN(c1cc(-c2ccc(CN3CCN(C(=O)OC(C)(C)C)CC3)nc2)cc(C(=O)NCc2c(C)cc(C)[nH]c2=O)c1C)C1C[C@@H](C)N(C(=O)OC(C)(C)C)[C@H](C)C1. The highest BCUT2D eigenvalue weighted by molar-refractivity contribution is 5.99. The summed E-state index contributed by atoms with van der Waals surface area (Å²) in [6.07, 6.45) is 2.75. The number of pyridine rings is 2. The minimum Gasteiger partial charge on any atom is -0.444 e. The zero-order chi connectivity index (χ0) is 42.7. The summed E-state index contributed by atoms with van der Waals surface area (Å²) < 4.78 is 11.3. The number of piperazine rings is 1. The molecule has 2 saturated heterocycles. The fourth-order valence-electron chi connectivity index (χ4n) is 8.20. The number of ether oxygens (including phenoxy) is 2. The molecule has 4 heterocycles. The molecule has 13 nitrogen and oxygen atoms in total. The molecule has 0 unspecified atom stereocenters. The standard InChI is InChI=1S/C45H65N7O6/c1-13-51(36-21-30(4)52(31(5)22-36)43(56)58-45(10,11)12)39-24-34(23-37(32(39)6)40(53)47-26-38-28(2)20-29(3)48-41(38)54)33-14-15-35(46-25-33)27-49-16-18-50(19-17-49)42(55)57-44(7,8)9/h14-15,20,23-25,30-31,36H,13,16-19,21-22,26-27H2,1-12H3,(H,47,53)(H,48,54)/t30-,31-/m1/s1. The number of nitrogens with one attached hydrogen (secondary N) is 2. The molecule has 0 radical (unpaired) electrons. The Morgan fingerprint density at radius 1 is 0.879 bits per heavy atom. The fraction of sp³-hybridized carbons (Fsp3) is 0.578. The Labute approximate surface area is 344 Å². The van der Waals surface area contributed by atoms with Gasteiger partial charge in [-0.25, -0.2) is 9.59 Å². The topological polar surface area (TPSA) is 140 Å². The van der Waals surface area contributed by atoms with Gasteiger partial charge in [-0.3, -0.25) is 19.5 Å². The van der Waals surface area contributed by atoms with Crippen molar-refractivity contribution in [3.05, 3.63) is 80.5 Å². The van der Waals surface area contributed by atoms with E-state index in [1.54, 1.807) is 4.90 Å². The number of hydrogen-bond donors (Lipinski definition) is 2. The summed E-state index contributed by atoms with van der Waals surface area (Å²) in [6.45, 7) is 27.3. The van der Waals surface area contributed by atoms with Crippen molar-refractivity contribution < 1.29 is 23.9 Å². The molecule has 1 aromatic carbocycles. The highest BCUT2D eigenvalue weighted by atomic mass is 16.6. The van der Waals surface area contributed by atoms with Crippen molar-refractivity contribution in [2.45, 2.75) is 138 Å². The van der Waals surface area contributed by atoms with E-state index >= 15 is 0 Å². The number of likely N-dealkylation sites (tertiary alicyclic amines) is 1. The summed E-state index contributed by atoms with van der Waals surface area (Å²) in [6, 6.07) is 10.0. The van der Waals surface area contributed by atoms with Crippen molar-refractivity contribution in [2.24, 2.45) is 0 Å². The quantitative estimate of drug-likeness (QED) is 0.228. The van der Waals surface area contributed by atoms with Crippen LogP contribution in [0.2, 0.25) is 0 Å². The van der Waals surface area contributed by atoms with Crippen LogP contribution in [0.4, 0.5) is 15.3 Å². The Balaban J connectivity index is 1.41. The van der Waals surface area contributed by atoms with Gasteiger partial charge < -0.3 is 34.5 Å². The van der Waals surface area contributed by atoms with Crippen LogP contribution in [0.15, 0.2) is 41.3 Å². The number of benzene rings is 1. The number of hydrogen-bond acceptors (Lipinski definition) is 9. The van der Waals surface area contributed by atoms with Crippen LogP contribution in [0.3, 0.4) is 0 Å². The summed E-state index contributed by atoms with van der Waals surface area (Å²) in [4.78, 5) is 68.8. The summed E-state index contributed by atoms with van der Waals surface area (Å²) in [5.74, 6) is -0.271. The molecule has 316 valence electrons. The average Bonchev–Trinajstić information content (AvgIpc) is 3.11. The van der Waals surface area contributed by atoms with E-state index in [2.05, 4.69) is 46.9 Å². The largest absolute Gasteiger partial charge is 0.444 e. The zero-order valence-corrected chi connectivity index (χ0v) is 36.7. The maximum atomic E-state index is 14.1. The van der Waals surface area contributed by atoms with E-state index in [1.807, 2.05) is 97.7 Å². The van der Waals surface area contributed by atoms with Gasteiger partial charge in [0, 0.05) is 98.2 Å². The number of rotatable bonds is 9. The predicted molar refractivity (Wildman–Crippen MR) is 228 cm³/mol. The molecule has 13 heteroatoms.